The van der Waals surface area contributed by atoms with Crippen molar-refractivity contribution < 1.29 is 19.4 Å². The number of halogens is 2. The highest BCUT2D eigenvalue weighted by atomic mass is 35.5. The van der Waals surface area contributed by atoms with Crippen molar-refractivity contribution in [3.8, 4) is 0 Å². The Balaban J connectivity index is 2.84. The van der Waals surface area contributed by atoms with E-state index in [0.29, 0.717) is 0 Å². The second-order valence-corrected chi connectivity index (χ2v) is 3.54. The Bertz CT molecular complexity index is 382. The Labute approximate surface area is 96.7 Å². The molecule has 1 aromatic carbocycles. The summed E-state index contributed by atoms with van der Waals surface area (Å²) in [6, 6.07) is 3.21. The lowest BCUT2D eigenvalue weighted by Crippen LogP contribution is -2.40. The van der Waals surface area contributed by atoms with Crippen LogP contribution in [-0.4, -0.2) is 35.4 Å². The second-order valence-electron chi connectivity index (χ2n) is 3.14. The molecule has 1 amide bonds. The van der Waals surface area contributed by atoms with E-state index in [4.69, 9.17) is 21.8 Å². The van der Waals surface area contributed by atoms with Gasteiger partial charge in [-0.1, -0.05) is 17.7 Å². The molecule has 16 heavy (non-hydrogen) atoms. The second kappa shape index (κ2) is 5.79. The Morgan fingerprint density at radius 3 is 2.62 bits per heavy atom. The van der Waals surface area contributed by atoms with Gasteiger partial charge in [-0.2, -0.15) is 0 Å². The molecular weight excluding hydrogens is 237 g/mol. The number of hydrogen-bond acceptors (Lipinski definition) is 3. The Hall–Kier alpha value is -1.17. The van der Waals surface area contributed by atoms with Crippen molar-refractivity contribution in [3.63, 3.8) is 0 Å². The largest absolute Gasteiger partial charge is 0.394 e. The zero-order chi connectivity index (χ0) is 12.1. The van der Waals surface area contributed by atoms with Crippen molar-refractivity contribution in [2.75, 3.05) is 13.2 Å². The van der Waals surface area contributed by atoms with Gasteiger partial charge in [-0.15, -0.1) is 0 Å². The molecule has 0 saturated carbocycles. The van der Waals surface area contributed by atoms with Crippen LogP contribution in [0, 0.1) is 5.82 Å². The summed E-state index contributed by atoms with van der Waals surface area (Å²) in [5, 5.41) is 19.6. The third kappa shape index (κ3) is 2.91. The van der Waals surface area contributed by atoms with Crippen LogP contribution in [0.4, 0.5) is 4.39 Å². The van der Waals surface area contributed by atoms with Crippen molar-refractivity contribution in [2.24, 2.45) is 0 Å². The molecule has 0 bridgehead atoms. The zero-order valence-electron chi connectivity index (χ0n) is 8.28. The number of hydrogen-bond donors (Lipinski definition) is 3. The quantitative estimate of drug-likeness (QED) is 0.728. The standard InChI is InChI=1S/C10H11ClFNO3/c11-8-3-1-2-7(9(8)12)10(16)13-6(4-14)5-15/h1-3,6,14-15H,4-5H2,(H,13,16). The molecule has 3 N–H and O–H groups in total. The highest BCUT2D eigenvalue weighted by Crippen LogP contribution is 2.17. The molecule has 0 saturated heterocycles. The normalized spacial score (nSPS) is 10.6. The summed E-state index contributed by atoms with van der Waals surface area (Å²) in [4.78, 5) is 11.5. The van der Waals surface area contributed by atoms with Crippen molar-refractivity contribution in [3.05, 3.63) is 34.6 Å². The molecule has 0 aromatic heterocycles. The maximum atomic E-state index is 13.4. The highest BCUT2D eigenvalue weighted by Gasteiger charge is 2.16. The first-order valence-electron chi connectivity index (χ1n) is 4.56. The van der Waals surface area contributed by atoms with Gasteiger partial charge in [-0.25, -0.2) is 4.39 Å². The maximum Gasteiger partial charge on any atom is 0.254 e. The average Bonchev–Trinajstić information content (AvgIpc) is 2.29. The van der Waals surface area contributed by atoms with Gasteiger partial charge in [-0.3, -0.25) is 4.79 Å². The lowest BCUT2D eigenvalue weighted by Gasteiger charge is -2.13. The minimum atomic E-state index is -0.823. The molecule has 1 aromatic rings. The smallest absolute Gasteiger partial charge is 0.254 e. The van der Waals surface area contributed by atoms with E-state index in [1.54, 1.807) is 0 Å². The number of aliphatic hydroxyl groups excluding tert-OH is 2. The Morgan fingerprint density at radius 2 is 2.06 bits per heavy atom. The number of carbonyl (C=O) groups is 1. The fourth-order valence-corrected chi connectivity index (χ4v) is 1.27. The first kappa shape index (κ1) is 12.9. The van der Waals surface area contributed by atoms with Gasteiger partial charge in [0.15, 0.2) is 5.82 Å². The maximum absolute atomic E-state index is 13.4. The number of amides is 1. The Kier molecular flexibility index (Phi) is 4.67. The van der Waals surface area contributed by atoms with Gasteiger partial charge < -0.3 is 15.5 Å². The van der Waals surface area contributed by atoms with Crippen molar-refractivity contribution in [2.45, 2.75) is 6.04 Å². The molecule has 0 spiro atoms. The summed E-state index contributed by atoms with van der Waals surface area (Å²) >= 11 is 5.51. The van der Waals surface area contributed by atoms with Crippen LogP contribution in [0.1, 0.15) is 10.4 Å². The molecule has 0 radical (unpaired) electrons. The molecule has 0 fully saturated rings. The first-order valence-corrected chi connectivity index (χ1v) is 4.94. The van der Waals surface area contributed by atoms with Crippen molar-refractivity contribution in [1.29, 1.82) is 0 Å². The van der Waals surface area contributed by atoms with Crippen LogP contribution in [0.25, 0.3) is 0 Å². The average molecular weight is 248 g/mol. The van der Waals surface area contributed by atoms with Crippen LogP contribution in [0.3, 0.4) is 0 Å². The van der Waals surface area contributed by atoms with Gasteiger partial charge in [0.25, 0.3) is 5.91 Å². The van der Waals surface area contributed by atoms with E-state index >= 15 is 0 Å². The third-order valence-electron chi connectivity index (χ3n) is 1.97. The number of benzene rings is 1. The summed E-state index contributed by atoms with van der Waals surface area (Å²) in [7, 11) is 0. The summed E-state index contributed by atoms with van der Waals surface area (Å²) < 4.78 is 13.4. The molecule has 0 aliphatic rings. The van der Waals surface area contributed by atoms with Gasteiger partial charge in [0.2, 0.25) is 0 Å². The van der Waals surface area contributed by atoms with E-state index in [9.17, 15) is 9.18 Å². The van der Waals surface area contributed by atoms with Crippen LogP contribution in [0.2, 0.25) is 5.02 Å². The fraction of sp³-hybridized carbons (Fsp3) is 0.300. The summed E-state index contributed by atoms with van der Waals surface area (Å²) in [6.07, 6.45) is 0. The minimum absolute atomic E-state index is 0.155. The van der Waals surface area contributed by atoms with Crippen LogP contribution in [0.15, 0.2) is 18.2 Å². The predicted octanol–water partition coefficient (Wildman–Crippen LogP) is 0.562. The van der Waals surface area contributed by atoms with E-state index in [2.05, 4.69) is 5.32 Å². The van der Waals surface area contributed by atoms with Gasteiger partial charge >= 0.3 is 0 Å². The molecule has 0 aliphatic carbocycles. The van der Waals surface area contributed by atoms with Crippen LogP contribution in [0.5, 0.6) is 0 Å². The van der Waals surface area contributed by atoms with Crippen molar-refractivity contribution >= 4 is 17.5 Å². The topological polar surface area (TPSA) is 69.6 Å². The lowest BCUT2D eigenvalue weighted by atomic mass is 10.2. The van der Waals surface area contributed by atoms with Crippen LogP contribution in [-0.2, 0) is 0 Å². The van der Waals surface area contributed by atoms with Gasteiger partial charge in [0, 0.05) is 0 Å². The van der Waals surface area contributed by atoms with Gasteiger partial charge in [0.1, 0.15) is 0 Å². The SMILES string of the molecule is O=C(NC(CO)CO)c1cccc(Cl)c1F. The molecule has 1 rings (SSSR count). The molecule has 88 valence electrons. The molecule has 0 heterocycles. The molecule has 0 atom stereocenters. The van der Waals surface area contributed by atoms with Gasteiger partial charge in [0.05, 0.1) is 29.8 Å². The first-order chi connectivity index (χ1) is 7.60. The number of carbonyl (C=O) groups excluding carboxylic acids is 1. The fourth-order valence-electron chi connectivity index (χ4n) is 1.09. The number of nitrogens with one attached hydrogen (secondary N) is 1. The van der Waals surface area contributed by atoms with E-state index in [1.165, 1.54) is 18.2 Å². The predicted molar refractivity (Wildman–Crippen MR) is 56.8 cm³/mol. The summed E-state index contributed by atoms with van der Waals surface area (Å²) in [6.45, 7) is -0.852. The monoisotopic (exact) mass is 247 g/mol. The molecule has 4 nitrogen and oxygen atoms in total. The lowest BCUT2D eigenvalue weighted by molar-refractivity contribution is 0.0875. The van der Waals surface area contributed by atoms with Crippen LogP contribution < -0.4 is 5.32 Å². The van der Waals surface area contributed by atoms with E-state index in [1.807, 2.05) is 0 Å². The van der Waals surface area contributed by atoms with Crippen molar-refractivity contribution in [1.82, 2.24) is 5.32 Å². The minimum Gasteiger partial charge on any atom is -0.394 e. The highest BCUT2D eigenvalue weighted by molar-refractivity contribution is 6.31. The zero-order valence-corrected chi connectivity index (χ0v) is 9.04. The molecular formula is C10H11ClFNO3. The summed E-state index contributed by atoms with van der Waals surface area (Å²) in [5.74, 6) is -1.55. The third-order valence-corrected chi connectivity index (χ3v) is 2.26. The number of rotatable bonds is 4. The van der Waals surface area contributed by atoms with E-state index in [0.717, 1.165) is 0 Å². The van der Waals surface area contributed by atoms with E-state index in [-0.39, 0.29) is 10.6 Å². The molecule has 0 unspecified atom stereocenters. The van der Waals surface area contributed by atoms with E-state index < -0.39 is 31.0 Å². The van der Waals surface area contributed by atoms with Crippen LogP contribution >= 0.6 is 11.6 Å². The van der Waals surface area contributed by atoms with Gasteiger partial charge in [-0.05, 0) is 12.1 Å². The molecule has 0 aliphatic heterocycles. The summed E-state index contributed by atoms with van der Waals surface area (Å²) in [5.41, 5.74) is -0.223. The molecule has 6 heteroatoms. The Morgan fingerprint density at radius 1 is 1.44 bits per heavy atom. The number of aliphatic hydroxyl groups is 2.